The first kappa shape index (κ1) is 16.9. The minimum atomic E-state index is -3.65. The molecule has 7 heteroatoms. The van der Waals surface area contributed by atoms with Gasteiger partial charge in [-0.15, -0.1) is 0 Å². The zero-order valence-corrected chi connectivity index (χ0v) is 13.4. The van der Waals surface area contributed by atoms with Crippen molar-refractivity contribution in [3.63, 3.8) is 0 Å². The summed E-state index contributed by atoms with van der Waals surface area (Å²) in [5, 5.41) is 9.41. The molecular weight excluding hydrogens is 324 g/mol. The van der Waals surface area contributed by atoms with Crippen molar-refractivity contribution in [2.24, 2.45) is 0 Å². The van der Waals surface area contributed by atoms with Gasteiger partial charge in [0.05, 0.1) is 0 Å². The number of aliphatic hydroxyl groups excluding tert-OH is 1. The lowest BCUT2D eigenvalue weighted by Crippen LogP contribution is -2.29. The number of hydrogen-bond donors (Lipinski definition) is 2. The number of aliphatic hydroxyl groups is 1. The fourth-order valence-corrected chi connectivity index (χ4v) is 3.22. The number of aromatic nitrogens is 1. The molecule has 2 rings (SSSR count). The molecule has 1 heterocycles. The van der Waals surface area contributed by atoms with E-state index < -0.39 is 10.0 Å². The summed E-state index contributed by atoms with van der Waals surface area (Å²) in [6.45, 7) is 0.194. The Morgan fingerprint density at radius 3 is 2.50 bits per heavy atom. The quantitative estimate of drug-likeness (QED) is 0.757. The molecule has 0 saturated carbocycles. The number of halogens is 1. The van der Waals surface area contributed by atoms with Gasteiger partial charge in [0.1, 0.15) is 10.0 Å². The summed E-state index contributed by atoms with van der Waals surface area (Å²) in [6.07, 6.45) is 1.69. The predicted molar refractivity (Wildman–Crippen MR) is 85.3 cm³/mol. The van der Waals surface area contributed by atoms with E-state index in [2.05, 4.69) is 9.71 Å². The monoisotopic (exact) mass is 340 g/mol. The average molecular weight is 341 g/mol. The van der Waals surface area contributed by atoms with Crippen LogP contribution in [0.1, 0.15) is 17.9 Å². The Hall–Kier alpha value is -1.47. The summed E-state index contributed by atoms with van der Waals surface area (Å²) in [6, 6.07) is 12.3. The highest BCUT2D eigenvalue weighted by Crippen LogP contribution is 2.19. The number of benzene rings is 1. The molecule has 0 fully saturated rings. The molecule has 5 nitrogen and oxygen atoms in total. The van der Waals surface area contributed by atoms with Crippen molar-refractivity contribution in [3.05, 3.63) is 59.4 Å². The van der Waals surface area contributed by atoms with E-state index in [-0.39, 0.29) is 29.1 Å². The lowest BCUT2D eigenvalue weighted by molar-refractivity contribution is 0.275. The molecule has 1 aromatic carbocycles. The lowest BCUT2D eigenvalue weighted by atomic mass is 9.96. The molecule has 0 radical (unpaired) electrons. The summed E-state index contributed by atoms with van der Waals surface area (Å²) >= 11 is 5.66. The Morgan fingerprint density at radius 2 is 1.91 bits per heavy atom. The van der Waals surface area contributed by atoms with Crippen LogP contribution in [-0.2, 0) is 10.0 Å². The van der Waals surface area contributed by atoms with Crippen LogP contribution in [0.15, 0.2) is 53.6 Å². The van der Waals surface area contributed by atoms with Crippen molar-refractivity contribution in [1.82, 2.24) is 9.71 Å². The maximum absolute atomic E-state index is 12.2. The van der Waals surface area contributed by atoms with Gasteiger partial charge in [0.2, 0.25) is 10.0 Å². The SMILES string of the molecule is O=S(=O)(NCC(CCO)c1ccccc1)c1ccc(Cl)nc1. The van der Waals surface area contributed by atoms with Crippen molar-refractivity contribution in [1.29, 1.82) is 0 Å². The maximum atomic E-state index is 12.2. The second kappa shape index (κ2) is 7.69. The standard InChI is InChI=1S/C15H17ClN2O3S/c16-15-7-6-14(11-17-15)22(20,21)18-10-13(8-9-19)12-4-2-1-3-5-12/h1-7,11,13,18-19H,8-10H2. The van der Waals surface area contributed by atoms with Crippen LogP contribution in [0, 0.1) is 0 Å². The number of nitrogens with one attached hydrogen (secondary N) is 1. The summed E-state index contributed by atoms with van der Waals surface area (Å²) in [7, 11) is -3.65. The highest BCUT2D eigenvalue weighted by atomic mass is 35.5. The third-order valence-electron chi connectivity index (χ3n) is 3.28. The van der Waals surface area contributed by atoms with Crippen molar-refractivity contribution in [2.75, 3.05) is 13.2 Å². The number of rotatable bonds is 7. The van der Waals surface area contributed by atoms with E-state index in [0.717, 1.165) is 5.56 Å². The third-order valence-corrected chi connectivity index (χ3v) is 4.91. The van der Waals surface area contributed by atoms with Gasteiger partial charge >= 0.3 is 0 Å². The first-order chi connectivity index (χ1) is 10.5. The van der Waals surface area contributed by atoms with Gasteiger partial charge in [-0.3, -0.25) is 0 Å². The number of nitrogens with zero attached hydrogens (tertiary/aromatic N) is 1. The van der Waals surface area contributed by atoms with Crippen LogP contribution in [0.5, 0.6) is 0 Å². The first-order valence-corrected chi connectivity index (χ1v) is 8.66. The Kier molecular flexibility index (Phi) is 5.90. The highest BCUT2D eigenvalue weighted by molar-refractivity contribution is 7.89. The van der Waals surface area contributed by atoms with Crippen LogP contribution in [0.2, 0.25) is 5.15 Å². The van der Waals surface area contributed by atoms with Crippen LogP contribution in [0.4, 0.5) is 0 Å². The minimum absolute atomic E-state index is 0.0101. The lowest BCUT2D eigenvalue weighted by Gasteiger charge is -2.17. The average Bonchev–Trinajstić information content (AvgIpc) is 2.53. The minimum Gasteiger partial charge on any atom is -0.396 e. The molecule has 0 bridgehead atoms. The molecule has 2 aromatic rings. The molecule has 0 aliphatic heterocycles. The maximum Gasteiger partial charge on any atom is 0.242 e. The van der Waals surface area contributed by atoms with Crippen molar-refractivity contribution < 1.29 is 13.5 Å². The number of sulfonamides is 1. The van der Waals surface area contributed by atoms with E-state index in [1.807, 2.05) is 30.3 Å². The van der Waals surface area contributed by atoms with Crippen LogP contribution in [0.25, 0.3) is 0 Å². The van der Waals surface area contributed by atoms with Gasteiger partial charge in [0, 0.05) is 19.3 Å². The molecule has 0 spiro atoms. The second-order valence-electron chi connectivity index (χ2n) is 4.79. The van der Waals surface area contributed by atoms with Crippen molar-refractivity contribution >= 4 is 21.6 Å². The van der Waals surface area contributed by atoms with E-state index >= 15 is 0 Å². The molecule has 1 atom stereocenters. The van der Waals surface area contributed by atoms with Gasteiger partial charge in [0.25, 0.3) is 0 Å². The van der Waals surface area contributed by atoms with Crippen LogP contribution >= 0.6 is 11.6 Å². The summed E-state index contributed by atoms with van der Waals surface area (Å²) in [5.41, 5.74) is 0.980. The first-order valence-electron chi connectivity index (χ1n) is 6.80. The van der Waals surface area contributed by atoms with Gasteiger partial charge in [0.15, 0.2) is 0 Å². The molecule has 1 unspecified atom stereocenters. The number of hydrogen-bond acceptors (Lipinski definition) is 4. The fourth-order valence-electron chi connectivity index (χ4n) is 2.08. The van der Waals surface area contributed by atoms with Gasteiger partial charge in [-0.1, -0.05) is 41.9 Å². The number of pyridine rings is 1. The molecule has 0 amide bonds. The van der Waals surface area contributed by atoms with Gasteiger partial charge in [-0.05, 0) is 30.0 Å². The summed E-state index contributed by atoms with van der Waals surface area (Å²) in [5.74, 6) is -0.0961. The Morgan fingerprint density at radius 1 is 1.18 bits per heavy atom. The third kappa shape index (κ3) is 4.51. The van der Waals surface area contributed by atoms with E-state index in [1.165, 1.54) is 18.3 Å². The summed E-state index contributed by atoms with van der Waals surface area (Å²) in [4.78, 5) is 3.84. The Bertz CT molecular complexity index is 690. The van der Waals surface area contributed by atoms with Crippen molar-refractivity contribution in [2.45, 2.75) is 17.2 Å². The molecular formula is C15H17ClN2O3S. The fraction of sp³-hybridized carbons (Fsp3) is 0.267. The Labute approximate surface area is 135 Å². The zero-order valence-electron chi connectivity index (χ0n) is 11.8. The van der Waals surface area contributed by atoms with Gasteiger partial charge in [-0.25, -0.2) is 18.1 Å². The molecule has 0 aliphatic rings. The molecule has 118 valence electrons. The topological polar surface area (TPSA) is 79.3 Å². The van der Waals surface area contributed by atoms with Crippen molar-refractivity contribution in [3.8, 4) is 0 Å². The Balaban J connectivity index is 2.10. The molecule has 2 N–H and O–H groups in total. The highest BCUT2D eigenvalue weighted by Gasteiger charge is 2.18. The van der Waals surface area contributed by atoms with Crippen LogP contribution in [-0.4, -0.2) is 31.7 Å². The van der Waals surface area contributed by atoms with E-state index in [9.17, 15) is 13.5 Å². The van der Waals surface area contributed by atoms with E-state index in [4.69, 9.17) is 11.6 Å². The van der Waals surface area contributed by atoms with E-state index in [0.29, 0.717) is 6.42 Å². The van der Waals surface area contributed by atoms with E-state index in [1.54, 1.807) is 0 Å². The smallest absolute Gasteiger partial charge is 0.242 e. The largest absolute Gasteiger partial charge is 0.396 e. The molecule has 0 aliphatic carbocycles. The zero-order chi connectivity index (χ0) is 16.0. The molecule has 0 saturated heterocycles. The van der Waals surface area contributed by atoms with Crippen LogP contribution < -0.4 is 4.72 Å². The second-order valence-corrected chi connectivity index (χ2v) is 6.94. The van der Waals surface area contributed by atoms with Crippen LogP contribution in [0.3, 0.4) is 0 Å². The predicted octanol–water partition coefficient (Wildman–Crippen LogP) is 2.18. The molecule has 22 heavy (non-hydrogen) atoms. The molecule has 1 aromatic heterocycles. The van der Waals surface area contributed by atoms with Gasteiger partial charge < -0.3 is 5.11 Å². The normalized spacial score (nSPS) is 13.0. The summed E-state index contributed by atoms with van der Waals surface area (Å²) < 4.78 is 27.0. The van der Waals surface area contributed by atoms with Gasteiger partial charge in [-0.2, -0.15) is 0 Å².